The summed E-state index contributed by atoms with van der Waals surface area (Å²) in [7, 11) is 0. The van der Waals surface area contributed by atoms with E-state index in [1.807, 2.05) is 73.3 Å². The Hall–Kier alpha value is -5.17. The minimum Gasteiger partial charge on any atom is -0.454 e. The number of Topliss-reactive ketones (excluding diaryl/α,β-unsaturated/α-hetero) is 2. The number of carbonyl (C=O) groups excluding carboxylic acids is 3. The Labute approximate surface area is 248 Å². The summed E-state index contributed by atoms with van der Waals surface area (Å²) in [5.41, 5.74) is 4.76. The van der Waals surface area contributed by atoms with Crippen molar-refractivity contribution in [3.05, 3.63) is 125 Å². The molecule has 43 heavy (non-hydrogen) atoms. The maximum atomic E-state index is 15.0. The van der Waals surface area contributed by atoms with E-state index in [0.29, 0.717) is 28.3 Å². The summed E-state index contributed by atoms with van der Waals surface area (Å²) in [6, 6.07) is 26.2. The molecule has 4 aromatic carbocycles. The van der Waals surface area contributed by atoms with Gasteiger partial charge in [-0.25, -0.2) is 0 Å². The molecule has 0 bridgehead atoms. The molecule has 1 saturated heterocycles. The average Bonchev–Trinajstić information content (AvgIpc) is 3.70. The van der Waals surface area contributed by atoms with E-state index < -0.39 is 23.4 Å². The Morgan fingerprint density at radius 1 is 0.837 bits per heavy atom. The minimum atomic E-state index is -1.37. The van der Waals surface area contributed by atoms with Gasteiger partial charge in [-0.15, -0.1) is 0 Å². The number of allylic oxidation sites excluding steroid dienone is 1. The molecule has 4 heterocycles. The molecule has 0 aromatic heterocycles. The molecule has 7 heteroatoms. The van der Waals surface area contributed by atoms with Crippen LogP contribution in [0, 0.1) is 12.8 Å². The Bertz CT molecular complexity index is 1900. The normalized spacial score (nSPS) is 24.2. The maximum Gasteiger partial charge on any atom is 0.238 e. The van der Waals surface area contributed by atoms with Gasteiger partial charge >= 0.3 is 0 Å². The van der Waals surface area contributed by atoms with Crippen LogP contribution in [0.25, 0.3) is 5.57 Å². The molecule has 8 rings (SSSR count). The lowest BCUT2D eigenvalue weighted by Gasteiger charge is -2.39. The summed E-state index contributed by atoms with van der Waals surface area (Å²) in [5, 5.41) is 3.09. The number of nitrogens with zero attached hydrogens (tertiary/aromatic N) is 1. The monoisotopic (exact) mass is 568 g/mol. The topological polar surface area (TPSA) is 84.9 Å². The van der Waals surface area contributed by atoms with Crippen LogP contribution in [0.3, 0.4) is 0 Å². The largest absolute Gasteiger partial charge is 0.454 e. The van der Waals surface area contributed by atoms with Crippen LogP contribution in [0.15, 0.2) is 97.1 Å². The number of carbonyl (C=O) groups is 3. The van der Waals surface area contributed by atoms with Gasteiger partial charge in [-0.2, -0.15) is 0 Å². The third kappa shape index (κ3) is 3.45. The van der Waals surface area contributed by atoms with Gasteiger partial charge in [-0.05, 0) is 61.4 Å². The van der Waals surface area contributed by atoms with Crippen LogP contribution in [0.5, 0.6) is 11.5 Å². The number of hydrogen-bond donors (Lipinski definition) is 1. The van der Waals surface area contributed by atoms with Gasteiger partial charge < -0.3 is 19.7 Å². The predicted octanol–water partition coefficient (Wildman–Crippen LogP) is 5.97. The molecule has 4 atom stereocenters. The molecule has 1 fully saturated rings. The highest BCUT2D eigenvalue weighted by Gasteiger charge is 2.70. The molecule has 1 spiro atoms. The predicted molar refractivity (Wildman–Crippen MR) is 163 cm³/mol. The van der Waals surface area contributed by atoms with Crippen LogP contribution in [-0.4, -0.2) is 36.4 Å². The second-order valence-electron chi connectivity index (χ2n) is 11.7. The van der Waals surface area contributed by atoms with Crippen LogP contribution < -0.4 is 19.7 Å². The second-order valence-corrected chi connectivity index (χ2v) is 11.7. The molecule has 4 aliphatic heterocycles. The maximum absolute atomic E-state index is 15.0. The standard InChI is InChI=1S/C36H28N2O5/c1-20-12-14-27-24(16-20)21(2)17-30-36(25-10-6-7-11-26(25)37-35(36)41)31(32(38(27)30)34(40)22-8-4-3-5-9-22)33(39)23-13-15-28-29(18-23)43-19-42-28/h3-18,30-32H,19H2,1-2H3,(H,37,41)/t30-,31+,32-,36-/m0/s1. The molecule has 0 unspecified atom stereocenters. The van der Waals surface area contributed by atoms with E-state index in [9.17, 15) is 9.59 Å². The number of fused-ring (bicyclic) bond motifs is 7. The molecule has 0 aliphatic carbocycles. The van der Waals surface area contributed by atoms with E-state index in [4.69, 9.17) is 9.47 Å². The summed E-state index contributed by atoms with van der Waals surface area (Å²) in [5.74, 6) is -0.823. The number of ether oxygens (including phenoxy) is 2. The van der Waals surface area contributed by atoms with E-state index in [1.54, 1.807) is 30.3 Å². The van der Waals surface area contributed by atoms with E-state index in [-0.39, 0.29) is 24.3 Å². The number of ketones is 2. The number of hydrogen-bond acceptors (Lipinski definition) is 6. The lowest BCUT2D eigenvalue weighted by atomic mass is 9.64. The van der Waals surface area contributed by atoms with E-state index in [0.717, 1.165) is 28.0 Å². The lowest BCUT2D eigenvalue weighted by Crippen LogP contribution is -2.51. The Morgan fingerprint density at radius 2 is 1.60 bits per heavy atom. The summed E-state index contributed by atoms with van der Waals surface area (Å²) < 4.78 is 11.1. The first-order valence-electron chi connectivity index (χ1n) is 14.4. The van der Waals surface area contributed by atoms with Gasteiger partial charge in [0.15, 0.2) is 23.1 Å². The fourth-order valence-corrected chi connectivity index (χ4v) is 7.55. The van der Waals surface area contributed by atoms with Crippen molar-refractivity contribution in [1.29, 1.82) is 0 Å². The van der Waals surface area contributed by atoms with Crippen molar-refractivity contribution in [2.24, 2.45) is 5.92 Å². The molecule has 1 N–H and O–H groups in total. The van der Waals surface area contributed by atoms with Gasteiger partial charge in [-0.1, -0.05) is 66.2 Å². The lowest BCUT2D eigenvalue weighted by molar-refractivity contribution is -0.121. The van der Waals surface area contributed by atoms with Crippen molar-refractivity contribution in [3.63, 3.8) is 0 Å². The molecule has 4 aliphatic rings. The first kappa shape index (κ1) is 25.5. The summed E-state index contributed by atoms with van der Waals surface area (Å²) in [6.45, 7) is 4.13. The first-order valence-corrected chi connectivity index (χ1v) is 14.4. The summed E-state index contributed by atoms with van der Waals surface area (Å²) >= 11 is 0. The second kappa shape index (κ2) is 9.16. The SMILES string of the molecule is CC1=C[C@@H]2N(c3ccc(C)cc31)[C@H](C(=O)c1ccccc1)[C@H](C(=O)c1ccc3c(c1)OCO3)[C@@]21C(=O)Nc2ccccc21. The quantitative estimate of drug-likeness (QED) is 0.306. The molecule has 7 nitrogen and oxygen atoms in total. The third-order valence-corrected chi connectivity index (χ3v) is 9.40. The molecule has 212 valence electrons. The zero-order valence-electron chi connectivity index (χ0n) is 23.7. The Kier molecular flexibility index (Phi) is 5.44. The van der Waals surface area contributed by atoms with Gasteiger partial charge in [0.1, 0.15) is 11.5 Å². The number of para-hydroxylation sites is 1. The van der Waals surface area contributed by atoms with Gasteiger partial charge in [0.25, 0.3) is 0 Å². The van der Waals surface area contributed by atoms with E-state index in [1.165, 1.54) is 0 Å². The Morgan fingerprint density at radius 3 is 2.44 bits per heavy atom. The molecular formula is C36H28N2O5. The molecule has 4 aromatic rings. The molecule has 0 radical (unpaired) electrons. The summed E-state index contributed by atoms with van der Waals surface area (Å²) in [6.07, 6.45) is 2.07. The highest BCUT2D eigenvalue weighted by Crippen LogP contribution is 2.59. The number of aryl methyl sites for hydroxylation is 1. The van der Waals surface area contributed by atoms with Crippen molar-refractivity contribution in [2.45, 2.75) is 31.3 Å². The van der Waals surface area contributed by atoms with Gasteiger partial charge in [0.05, 0.1) is 12.0 Å². The van der Waals surface area contributed by atoms with E-state index >= 15 is 4.79 Å². The Balaban J connectivity index is 1.43. The first-order chi connectivity index (χ1) is 20.9. The number of benzene rings is 4. The van der Waals surface area contributed by atoms with Gasteiger partial charge in [-0.3, -0.25) is 14.4 Å². The van der Waals surface area contributed by atoms with Crippen molar-refractivity contribution >= 4 is 34.4 Å². The van der Waals surface area contributed by atoms with Crippen LogP contribution >= 0.6 is 0 Å². The van der Waals surface area contributed by atoms with Crippen molar-refractivity contribution in [2.75, 3.05) is 17.0 Å². The summed E-state index contributed by atoms with van der Waals surface area (Å²) in [4.78, 5) is 46.4. The highest BCUT2D eigenvalue weighted by molar-refractivity contribution is 6.18. The smallest absolute Gasteiger partial charge is 0.238 e. The fourth-order valence-electron chi connectivity index (χ4n) is 7.55. The number of anilines is 2. The van der Waals surface area contributed by atoms with Crippen LogP contribution in [0.4, 0.5) is 11.4 Å². The van der Waals surface area contributed by atoms with Crippen molar-refractivity contribution < 1.29 is 23.9 Å². The number of nitrogens with one attached hydrogen (secondary N) is 1. The molecular weight excluding hydrogens is 540 g/mol. The van der Waals surface area contributed by atoms with Crippen LogP contribution in [-0.2, 0) is 10.2 Å². The van der Waals surface area contributed by atoms with Crippen molar-refractivity contribution in [3.8, 4) is 11.5 Å². The number of amides is 1. The average molecular weight is 569 g/mol. The highest BCUT2D eigenvalue weighted by atomic mass is 16.7. The van der Waals surface area contributed by atoms with Gasteiger partial charge in [0, 0.05) is 28.1 Å². The van der Waals surface area contributed by atoms with Crippen LogP contribution in [0.2, 0.25) is 0 Å². The molecule has 1 amide bonds. The minimum absolute atomic E-state index is 0.0708. The number of rotatable bonds is 4. The molecule has 0 saturated carbocycles. The van der Waals surface area contributed by atoms with Crippen LogP contribution in [0.1, 0.15) is 44.3 Å². The fraction of sp³-hybridized carbons (Fsp3) is 0.194. The zero-order chi connectivity index (χ0) is 29.5. The zero-order valence-corrected chi connectivity index (χ0v) is 23.7. The van der Waals surface area contributed by atoms with Crippen molar-refractivity contribution in [1.82, 2.24) is 0 Å². The van der Waals surface area contributed by atoms with E-state index in [2.05, 4.69) is 17.5 Å². The third-order valence-electron chi connectivity index (χ3n) is 9.40. The van der Waals surface area contributed by atoms with Gasteiger partial charge in [0.2, 0.25) is 12.7 Å².